The van der Waals surface area contributed by atoms with Gasteiger partial charge >= 0.3 is 12.2 Å². The first kappa shape index (κ1) is 24.2. The molecular weight excluding hydrogens is 501 g/mol. The smallest absolute Gasteiger partial charge is 0.393 e. The number of pyridine rings is 2. The van der Waals surface area contributed by atoms with Crippen LogP contribution in [0.15, 0.2) is 42.9 Å². The van der Waals surface area contributed by atoms with Gasteiger partial charge in [-0.15, -0.1) is 0 Å². The predicted molar refractivity (Wildman–Crippen MR) is 135 cm³/mol. The molecule has 13 heteroatoms. The van der Waals surface area contributed by atoms with Gasteiger partial charge in [0.1, 0.15) is 18.0 Å². The number of ether oxygens (including phenoxy) is 1. The molecule has 0 radical (unpaired) electrons. The summed E-state index contributed by atoms with van der Waals surface area (Å²) in [4.78, 5) is 36.2. The van der Waals surface area contributed by atoms with E-state index in [1.807, 2.05) is 12.1 Å². The summed E-state index contributed by atoms with van der Waals surface area (Å²) in [5.41, 5.74) is 2.16. The van der Waals surface area contributed by atoms with Gasteiger partial charge in [0.15, 0.2) is 5.82 Å². The summed E-state index contributed by atoms with van der Waals surface area (Å²) in [7, 11) is 1.48. The Morgan fingerprint density at radius 2 is 1.89 bits per heavy atom. The zero-order valence-corrected chi connectivity index (χ0v) is 20.5. The number of hydrogen-bond acceptors (Lipinski definition) is 8. The van der Waals surface area contributed by atoms with Crippen molar-refractivity contribution in [1.29, 1.82) is 0 Å². The van der Waals surface area contributed by atoms with E-state index in [4.69, 9.17) is 9.72 Å². The van der Waals surface area contributed by atoms with Crippen molar-refractivity contribution in [3.05, 3.63) is 42.9 Å². The summed E-state index contributed by atoms with van der Waals surface area (Å²) >= 11 is 0. The molecule has 3 aromatic heterocycles. The van der Waals surface area contributed by atoms with E-state index in [2.05, 4.69) is 25.2 Å². The second-order valence-electron chi connectivity index (χ2n) is 9.55. The molecule has 1 N–H and O–H groups in total. The topological polar surface area (TPSA) is 99.6 Å². The zero-order valence-electron chi connectivity index (χ0n) is 20.5. The molecule has 10 nitrogen and oxygen atoms in total. The molecular formula is C25H25F3N8O2. The van der Waals surface area contributed by atoms with Crippen LogP contribution in [0, 0.1) is 5.92 Å². The van der Waals surface area contributed by atoms with E-state index in [1.54, 1.807) is 28.1 Å². The summed E-state index contributed by atoms with van der Waals surface area (Å²) in [5.74, 6) is 0.272. The van der Waals surface area contributed by atoms with Crippen LogP contribution in [0.3, 0.4) is 0 Å². The molecule has 38 heavy (non-hydrogen) atoms. The van der Waals surface area contributed by atoms with Crippen molar-refractivity contribution in [2.24, 2.45) is 5.92 Å². The van der Waals surface area contributed by atoms with E-state index in [0.717, 1.165) is 18.7 Å². The third-order valence-corrected chi connectivity index (χ3v) is 7.27. The fourth-order valence-corrected chi connectivity index (χ4v) is 5.31. The van der Waals surface area contributed by atoms with Crippen molar-refractivity contribution in [3.8, 4) is 17.1 Å². The third kappa shape index (κ3) is 4.41. The number of methoxy groups -OCH3 is 1. The lowest BCUT2D eigenvalue weighted by molar-refractivity contribution is -0.168. The Bertz CT molecular complexity index is 1370. The van der Waals surface area contributed by atoms with E-state index in [0.29, 0.717) is 41.1 Å². The number of amides is 2. The van der Waals surface area contributed by atoms with Crippen LogP contribution < -0.4 is 24.8 Å². The minimum atomic E-state index is -4.22. The number of halogens is 3. The lowest BCUT2D eigenvalue weighted by Gasteiger charge is -2.35. The van der Waals surface area contributed by atoms with E-state index in [1.165, 1.54) is 19.5 Å². The lowest BCUT2D eigenvalue weighted by Crippen LogP contribution is -2.48. The summed E-state index contributed by atoms with van der Waals surface area (Å²) in [6.45, 7) is 1.68. The molecule has 2 bridgehead atoms. The summed E-state index contributed by atoms with van der Waals surface area (Å²) in [6.07, 6.45) is -0.494. The van der Waals surface area contributed by atoms with Crippen LogP contribution in [0.5, 0.6) is 5.88 Å². The van der Waals surface area contributed by atoms with Gasteiger partial charge in [-0.1, -0.05) is 0 Å². The van der Waals surface area contributed by atoms with Crippen LogP contribution >= 0.6 is 0 Å². The number of carbonyl (C=O) groups is 1. The van der Waals surface area contributed by atoms with Gasteiger partial charge in [-0.05, 0) is 37.1 Å². The first-order valence-electron chi connectivity index (χ1n) is 12.3. The van der Waals surface area contributed by atoms with Crippen LogP contribution in [-0.2, 0) is 0 Å². The number of hydrogen-bond donors (Lipinski definition) is 1. The molecule has 2 saturated heterocycles. The largest absolute Gasteiger partial charge is 0.481 e. The molecule has 0 aliphatic carbocycles. The van der Waals surface area contributed by atoms with Crippen LogP contribution in [0.1, 0.15) is 12.8 Å². The van der Waals surface area contributed by atoms with Gasteiger partial charge in [0, 0.05) is 44.0 Å². The Morgan fingerprint density at radius 3 is 2.68 bits per heavy atom. The fourth-order valence-electron chi connectivity index (χ4n) is 5.31. The molecule has 6 rings (SSSR count). The van der Waals surface area contributed by atoms with Crippen molar-refractivity contribution in [1.82, 2.24) is 19.9 Å². The van der Waals surface area contributed by atoms with Gasteiger partial charge in [0.25, 0.3) is 0 Å². The third-order valence-electron chi connectivity index (χ3n) is 7.27. The number of fused-ring (bicyclic) bond motifs is 4. The van der Waals surface area contributed by atoms with E-state index < -0.39 is 12.1 Å². The van der Waals surface area contributed by atoms with Gasteiger partial charge in [0.2, 0.25) is 5.88 Å². The minimum Gasteiger partial charge on any atom is -0.481 e. The number of urea groups is 1. The molecule has 1 unspecified atom stereocenters. The minimum absolute atomic E-state index is 0.0476. The average Bonchev–Trinajstić information content (AvgIpc) is 3.58. The summed E-state index contributed by atoms with van der Waals surface area (Å²) in [6, 6.07) is 8.43. The molecule has 0 saturated carbocycles. The van der Waals surface area contributed by atoms with Crippen LogP contribution in [0.2, 0.25) is 0 Å². The highest BCUT2D eigenvalue weighted by Crippen LogP contribution is 2.41. The Morgan fingerprint density at radius 1 is 1.05 bits per heavy atom. The zero-order chi connectivity index (χ0) is 26.4. The predicted octanol–water partition coefficient (Wildman–Crippen LogP) is 3.96. The highest BCUT2D eigenvalue weighted by atomic mass is 19.4. The highest BCUT2D eigenvalue weighted by molar-refractivity contribution is 6.04. The second kappa shape index (κ2) is 9.30. The van der Waals surface area contributed by atoms with Crippen LogP contribution in [0.25, 0.3) is 11.3 Å². The normalized spacial score (nSPS) is 20.5. The molecule has 3 aliphatic rings. The Balaban J connectivity index is 1.29. The van der Waals surface area contributed by atoms with Crippen molar-refractivity contribution in [2.45, 2.75) is 25.1 Å². The number of carbonyl (C=O) groups excluding carboxylic acids is 1. The standard InChI is InChI=1S/C25H25F3N8O2/c1-38-22-11-20(30-14-31-22)33-24(37)36-17-6-9-34(13-17)19-3-2-18(32-23(19)36)15-4-7-29-21(10-15)35-8-5-16(12-35)25(26,27)28/h2-4,7,10-11,14,16-17H,5-6,8-9,12-13H2,1H3,(H,30,31,33,37)/t16?,17-/m0/s1. The summed E-state index contributed by atoms with van der Waals surface area (Å²) < 4.78 is 44.7. The second-order valence-corrected chi connectivity index (χ2v) is 9.55. The van der Waals surface area contributed by atoms with Crippen molar-refractivity contribution >= 4 is 29.2 Å². The molecule has 2 fully saturated rings. The van der Waals surface area contributed by atoms with E-state index >= 15 is 0 Å². The lowest BCUT2D eigenvalue weighted by atomic mass is 10.1. The first-order chi connectivity index (χ1) is 18.3. The molecule has 3 aromatic rings. The van der Waals surface area contributed by atoms with E-state index in [9.17, 15) is 18.0 Å². The SMILES string of the molecule is COc1cc(NC(=O)N2c3nc(-c4ccnc(N5CCC(C(F)(F)F)C5)c4)ccc3N3CC[C@H]2C3)ncn1. The van der Waals surface area contributed by atoms with Gasteiger partial charge in [0.05, 0.1) is 30.5 Å². The number of alkyl halides is 3. The number of anilines is 4. The van der Waals surface area contributed by atoms with Gasteiger partial charge in [-0.25, -0.2) is 24.7 Å². The maximum Gasteiger partial charge on any atom is 0.393 e. The van der Waals surface area contributed by atoms with Gasteiger partial charge < -0.3 is 14.5 Å². The Hall–Kier alpha value is -4.16. The molecule has 198 valence electrons. The maximum atomic E-state index is 13.5. The van der Waals surface area contributed by atoms with Crippen molar-refractivity contribution in [2.75, 3.05) is 53.3 Å². The quantitative estimate of drug-likeness (QED) is 0.546. The van der Waals surface area contributed by atoms with Gasteiger partial charge in [-0.2, -0.15) is 13.2 Å². The number of rotatable bonds is 4. The Kier molecular flexibility index (Phi) is 5.92. The molecule has 6 heterocycles. The van der Waals surface area contributed by atoms with Crippen molar-refractivity contribution in [3.63, 3.8) is 0 Å². The number of nitrogens with zero attached hydrogens (tertiary/aromatic N) is 7. The van der Waals surface area contributed by atoms with Crippen LogP contribution in [0.4, 0.5) is 41.1 Å². The highest BCUT2D eigenvalue weighted by Gasteiger charge is 2.44. The monoisotopic (exact) mass is 526 g/mol. The average molecular weight is 527 g/mol. The maximum absolute atomic E-state index is 13.5. The molecule has 3 aliphatic heterocycles. The molecule has 2 atom stereocenters. The Labute approximate surface area is 216 Å². The van der Waals surface area contributed by atoms with Gasteiger partial charge in [-0.3, -0.25) is 10.2 Å². The molecule has 0 spiro atoms. The summed E-state index contributed by atoms with van der Waals surface area (Å²) in [5, 5.41) is 2.82. The molecule has 0 aromatic carbocycles. The number of nitrogens with one attached hydrogen (secondary N) is 1. The van der Waals surface area contributed by atoms with Crippen LogP contribution in [-0.4, -0.2) is 71.5 Å². The van der Waals surface area contributed by atoms with E-state index in [-0.39, 0.29) is 31.6 Å². The van der Waals surface area contributed by atoms with Crippen molar-refractivity contribution < 1.29 is 22.7 Å². The number of aromatic nitrogens is 4. The fraction of sp³-hybridized carbons (Fsp3) is 0.400. The molecule has 2 amide bonds. The first-order valence-corrected chi connectivity index (χ1v) is 12.3.